The molecule has 7 heteroatoms. The molecule has 1 aliphatic carbocycles. The molecule has 2 heterocycles. The van der Waals surface area contributed by atoms with E-state index in [1.54, 1.807) is 91.0 Å². The maximum absolute atomic E-state index is 13.8. The Bertz CT molecular complexity index is 1290. The van der Waals surface area contributed by atoms with E-state index in [9.17, 15) is 24.0 Å². The molecule has 3 aromatic carbocycles. The third kappa shape index (κ3) is 2.94. The smallest absolute Gasteiger partial charge is 0.238 e. The number of imide groups is 2. The van der Waals surface area contributed by atoms with Gasteiger partial charge >= 0.3 is 0 Å². The van der Waals surface area contributed by atoms with Crippen molar-refractivity contribution in [3.05, 3.63) is 96.6 Å². The number of Topliss-reactive ketones (excluding diaryl/α,β-unsaturated/α-hetero) is 1. The topological polar surface area (TPSA) is 91.8 Å². The van der Waals surface area contributed by atoms with Gasteiger partial charge in [-0.15, -0.1) is 0 Å². The zero-order valence-corrected chi connectivity index (χ0v) is 18.5. The molecule has 4 atom stereocenters. The van der Waals surface area contributed by atoms with E-state index >= 15 is 0 Å². The zero-order valence-electron chi connectivity index (χ0n) is 18.5. The molecule has 0 aromatic heterocycles. The normalized spacial score (nSPS) is 27.4. The minimum absolute atomic E-state index is 0.341. The second-order valence-corrected chi connectivity index (χ2v) is 9.05. The molecule has 3 aliphatic rings. The standard InChI is InChI=1S/C28H20N2O5/c31-24(16-10-4-1-5-11-16)19-20-22(27(34)29(25(20)32)17-12-6-2-7-13-17)23-21(19)26(33)30(28(23)35)18-14-8-3-9-15-18/h1-15,19-23H. The monoisotopic (exact) mass is 464 g/mol. The van der Waals surface area contributed by atoms with Gasteiger partial charge in [-0.25, -0.2) is 0 Å². The summed E-state index contributed by atoms with van der Waals surface area (Å²) in [6, 6.07) is 25.3. The Balaban J connectivity index is 1.49. The quantitative estimate of drug-likeness (QED) is 0.437. The van der Waals surface area contributed by atoms with Gasteiger partial charge in [0.05, 0.1) is 35.0 Å². The summed E-state index contributed by atoms with van der Waals surface area (Å²) in [5, 5.41) is 0. The first kappa shape index (κ1) is 21.2. The molecule has 0 N–H and O–H groups in total. The second kappa shape index (κ2) is 7.84. The average molecular weight is 464 g/mol. The Kier molecular flexibility index (Phi) is 4.74. The summed E-state index contributed by atoms with van der Waals surface area (Å²) in [4.78, 5) is 70.5. The van der Waals surface area contributed by atoms with Crippen LogP contribution in [0.1, 0.15) is 10.4 Å². The van der Waals surface area contributed by atoms with E-state index in [-0.39, 0.29) is 0 Å². The van der Waals surface area contributed by atoms with Crippen LogP contribution in [-0.4, -0.2) is 29.4 Å². The first-order valence-electron chi connectivity index (χ1n) is 11.5. The van der Waals surface area contributed by atoms with Gasteiger partial charge in [-0.3, -0.25) is 33.8 Å². The molecule has 7 nitrogen and oxygen atoms in total. The van der Waals surface area contributed by atoms with E-state index in [2.05, 4.69) is 0 Å². The van der Waals surface area contributed by atoms with Crippen LogP contribution in [-0.2, 0) is 19.2 Å². The van der Waals surface area contributed by atoms with Gasteiger partial charge < -0.3 is 0 Å². The van der Waals surface area contributed by atoms with Crippen molar-refractivity contribution >= 4 is 40.8 Å². The lowest BCUT2D eigenvalue weighted by atomic mass is 9.81. The lowest BCUT2D eigenvalue weighted by molar-refractivity contribution is -0.129. The predicted molar refractivity (Wildman–Crippen MR) is 126 cm³/mol. The molecular weight excluding hydrogens is 444 g/mol. The molecule has 4 unspecified atom stereocenters. The van der Waals surface area contributed by atoms with Crippen LogP contribution in [0.3, 0.4) is 0 Å². The van der Waals surface area contributed by atoms with E-state index in [1.165, 1.54) is 0 Å². The maximum atomic E-state index is 13.8. The fraction of sp³-hybridized carbons (Fsp3) is 0.179. The number of para-hydroxylation sites is 2. The van der Waals surface area contributed by atoms with Gasteiger partial charge in [-0.2, -0.15) is 0 Å². The first-order chi connectivity index (χ1) is 17.0. The summed E-state index contributed by atoms with van der Waals surface area (Å²) in [7, 11) is 0. The van der Waals surface area contributed by atoms with Crippen LogP contribution in [0.4, 0.5) is 11.4 Å². The Labute approximate surface area is 201 Å². The van der Waals surface area contributed by atoms with Crippen LogP contribution in [0, 0.1) is 29.6 Å². The predicted octanol–water partition coefficient (Wildman–Crippen LogP) is 3.11. The summed E-state index contributed by atoms with van der Waals surface area (Å²) in [5.41, 5.74) is 1.11. The van der Waals surface area contributed by atoms with Crippen LogP contribution in [0.2, 0.25) is 0 Å². The van der Waals surface area contributed by atoms with Crippen molar-refractivity contribution < 1.29 is 24.0 Å². The molecule has 35 heavy (non-hydrogen) atoms. The van der Waals surface area contributed by atoms with E-state index in [0.29, 0.717) is 16.9 Å². The number of hydrogen-bond donors (Lipinski definition) is 0. The minimum Gasteiger partial charge on any atom is -0.294 e. The van der Waals surface area contributed by atoms with Crippen LogP contribution in [0.5, 0.6) is 0 Å². The van der Waals surface area contributed by atoms with Gasteiger partial charge in [0.1, 0.15) is 0 Å². The van der Waals surface area contributed by atoms with Crippen molar-refractivity contribution in [2.24, 2.45) is 29.6 Å². The third-order valence-electron chi connectivity index (χ3n) is 7.35. The number of carbonyl (C=O) groups excluding carboxylic acids is 5. The number of carbonyl (C=O) groups is 5. The fourth-order valence-corrected chi connectivity index (χ4v) is 5.94. The molecule has 6 rings (SSSR count). The Morgan fingerprint density at radius 3 is 1.23 bits per heavy atom. The highest BCUT2D eigenvalue weighted by Gasteiger charge is 2.72. The molecule has 0 radical (unpaired) electrons. The lowest BCUT2D eigenvalue weighted by Crippen LogP contribution is -2.40. The van der Waals surface area contributed by atoms with Crippen LogP contribution in [0.25, 0.3) is 0 Å². The van der Waals surface area contributed by atoms with E-state index in [0.717, 1.165) is 9.80 Å². The molecule has 2 aliphatic heterocycles. The van der Waals surface area contributed by atoms with Gasteiger partial charge in [0.25, 0.3) is 0 Å². The Morgan fingerprint density at radius 1 is 0.486 bits per heavy atom. The number of anilines is 2. The molecule has 0 spiro atoms. The number of hydrogen-bond acceptors (Lipinski definition) is 5. The molecule has 1 saturated carbocycles. The molecule has 3 fully saturated rings. The second-order valence-electron chi connectivity index (χ2n) is 9.05. The SMILES string of the molecule is O=C(c1ccccc1)C1C2C(=O)N(c3ccccc3)C(=O)C2C2C(=O)N(c3ccccc3)C(=O)C12. The van der Waals surface area contributed by atoms with Crippen LogP contribution < -0.4 is 9.80 Å². The maximum Gasteiger partial charge on any atom is 0.238 e. The Hall–Kier alpha value is -4.39. The van der Waals surface area contributed by atoms with Crippen molar-refractivity contribution in [3.63, 3.8) is 0 Å². The highest BCUT2D eigenvalue weighted by molar-refractivity contribution is 6.30. The molecule has 2 saturated heterocycles. The van der Waals surface area contributed by atoms with E-state index < -0.39 is 59.0 Å². The largest absolute Gasteiger partial charge is 0.294 e. The molecular formula is C28H20N2O5. The Morgan fingerprint density at radius 2 is 0.829 bits per heavy atom. The minimum atomic E-state index is -1.11. The highest BCUT2D eigenvalue weighted by Crippen LogP contribution is 2.56. The third-order valence-corrected chi connectivity index (χ3v) is 7.35. The van der Waals surface area contributed by atoms with Gasteiger partial charge in [-0.05, 0) is 24.3 Å². The summed E-state index contributed by atoms with van der Waals surface area (Å²) in [6.07, 6.45) is 0. The van der Waals surface area contributed by atoms with Crippen LogP contribution >= 0.6 is 0 Å². The number of benzene rings is 3. The summed E-state index contributed by atoms with van der Waals surface area (Å²) < 4.78 is 0. The van der Waals surface area contributed by atoms with Crippen LogP contribution in [0.15, 0.2) is 91.0 Å². The van der Waals surface area contributed by atoms with Crippen molar-refractivity contribution in [1.29, 1.82) is 0 Å². The highest BCUT2D eigenvalue weighted by atomic mass is 16.2. The summed E-state index contributed by atoms with van der Waals surface area (Å²) in [5.74, 6) is -7.97. The summed E-state index contributed by atoms with van der Waals surface area (Å²) >= 11 is 0. The van der Waals surface area contributed by atoms with Crippen molar-refractivity contribution in [2.45, 2.75) is 0 Å². The van der Waals surface area contributed by atoms with Gasteiger partial charge in [-0.1, -0.05) is 66.7 Å². The van der Waals surface area contributed by atoms with Crippen molar-refractivity contribution in [1.82, 2.24) is 0 Å². The number of nitrogens with zero attached hydrogens (tertiary/aromatic N) is 2. The molecule has 3 aromatic rings. The molecule has 172 valence electrons. The van der Waals surface area contributed by atoms with Gasteiger partial charge in [0.15, 0.2) is 5.78 Å². The average Bonchev–Trinajstić information content (AvgIpc) is 3.46. The van der Waals surface area contributed by atoms with E-state index in [4.69, 9.17) is 0 Å². The number of rotatable bonds is 4. The number of ketones is 1. The molecule has 4 amide bonds. The zero-order chi connectivity index (χ0) is 24.3. The molecule has 0 bridgehead atoms. The van der Waals surface area contributed by atoms with E-state index in [1.807, 2.05) is 0 Å². The lowest BCUT2D eigenvalue weighted by Gasteiger charge is -2.23. The van der Waals surface area contributed by atoms with Gasteiger partial charge in [0, 0.05) is 11.5 Å². The van der Waals surface area contributed by atoms with Crippen molar-refractivity contribution in [2.75, 3.05) is 9.80 Å². The fourth-order valence-electron chi connectivity index (χ4n) is 5.94. The summed E-state index contributed by atoms with van der Waals surface area (Å²) in [6.45, 7) is 0. The van der Waals surface area contributed by atoms with Gasteiger partial charge in [0.2, 0.25) is 23.6 Å². The number of fused-ring (bicyclic) bond motifs is 3. The first-order valence-corrected chi connectivity index (χ1v) is 11.5. The number of amides is 4. The van der Waals surface area contributed by atoms with Crippen molar-refractivity contribution in [3.8, 4) is 0 Å².